The highest BCUT2D eigenvalue weighted by molar-refractivity contribution is 9.10. The van der Waals surface area contributed by atoms with E-state index in [1.807, 2.05) is 0 Å². The summed E-state index contributed by atoms with van der Waals surface area (Å²) >= 11 is 3.53. The van der Waals surface area contributed by atoms with Crippen molar-refractivity contribution >= 4 is 71.5 Å². The Kier molecular flexibility index (Phi) is 8.90. The molecule has 1 fully saturated rings. The Morgan fingerprint density at radius 1 is 1.09 bits per heavy atom. The molecule has 12 nitrogen and oxygen atoms in total. The van der Waals surface area contributed by atoms with Gasteiger partial charge in [-0.05, 0) is 66.6 Å². The van der Waals surface area contributed by atoms with Gasteiger partial charge in [0.15, 0.2) is 0 Å². The Hall–Kier alpha value is -3.75. The lowest BCUT2D eigenvalue weighted by Gasteiger charge is -2.25. The van der Waals surface area contributed by atoms with Gasteiger partial charge in [-0.2, -0.15) is 4.98 Å². The van der Waals surface area contributed by atoms with E-state index in [4.69, 9.17) is 9.72 Å². The maximum Gasteiger partial charge on any atom is 0.232 e. The monoisotopic (exact) mass is 669 g/mol. The number of nitrogens with one attached hydrogen (secondary N) is 2. The molecule has 2 aromatic heterocycles. The minimum atomic E-state index is -3.60. The van der Waals surface area contributed by atoms with E-state index in [2.05, 4.69) is 84.5 Å². The van der Waals surface area contributed by atoms with Gasteiger partial charge >= 0.3 is 0 Å². The number of halogens is 1. The Morgan fingerprint density at radius 2 is 1.86 bits per heavy atom. The fraction of sp³-hybridized carbons (Fsp3) is 0.379. The van der Waals surface area contributed by atoms with Crippen LogP contribution in [-0.4, -0.2) is 86.9 Å². The molecule has 228 valence electrons. The van der Waals surface area contributed by atoms with Gasteiger partial charge in [-0.25, -0.2) is 13.4 Å². The van der Waals surface area contributed by atoms with E-state index < -0.39 is 10.0 Å². The molecular formula is C29H36BrN9O3S. The Morgan fingerprint density at radius 3 is 2.53 bits per heavy atom. The van der Waals surface area contributed by atoms with Gasteiger partial charge in [0.1, 0.15) is 22.8 Å². The van der Waals surface area contributed by atoms with Gasteiger partial charge in [-0.15, -0.1) is 0 Å². The number of rotatable bonds is 10. The van der Waals surface area contributed by atoms with Crippen LogP contribution >= 0.6 is 15.9 Å². The molecular weight excluding hydrogens is 634 g/mol. The minimum Gasteiger partial charge on any atom is -0.494 e. The minimum absolute atomic E-state index is 0.339. The van der Waals surface area contributed by atoms with Crippen LogP contribution in [0.4, 0.5) is 34.5 Å². The Labute approximate surface area is 260 Å². The molecule has 2 aromatic carbocycles. The van der Waals surface area contributed by atoms with Crippen molar-refractivity contribution in [1.29, 1.82) is 0 Å². The van der Waals surface area contributed by atoms with E-state index in [0.717, 1.165) is 37.9 Å². The second kappa shape index (κ2) is 12.5. The molecule has 4 aromatic rings. The number of hydrogen-bond donors (Lipinski definition) is 2. The number of likely N-dealkylation sites (N-methyl/N-ethyl adjacent to an activating group) is 1. The van der Waals surface area contributed by atoms with Crippen molar-refractivity contribution in [2.45, 2.75) is 25.8 Å². The van der Waals surface area contributed by atoms with Crippen molar-refractivity contribution in [3.8, 4) is 5.75 Å². The van der Waals surface area contributed by atoms with E-state index in [1.165, 1.54) is 28.8 Å². The fourth-order valence-corrected chi connectivity index (χ4v) is 6.02. The SMILES string of the molecule is CCc1cc(Nc2ncc(Br)c(Nc3ccc4nccnc4c3N(C)S(C)(=O)=O)n2)c(OC)cc1N1CCC(N(C)C)C1. The van der Waals surface area contributed by atoms with Crippen LogP contribution in [0.15, 0.2) is 47.3 Å². The molecule has 1 atom stereocenters. The number of sulfonamides is 1. The van der Waals surface area contributed by atoms with Gasteiger partial charge in [0, 0.05) is 56.5 Å². The number of nitrogens with zero attached hydrogens (tertiary/aromatic N) is 7. The molecule has 43 heavy (non-hydrogen) atoms. The topological polar surface area (TPSA) is 129 Å². The molecule has 14 heteroatoms. The van der Waals surface area contributed by atoms with E-state index in [1.54, 1.807) is 31.6 Å². The molecule has 0 saturated carbocycles. The van der Waals surface area contributed by atoms with Crippen molar-refractivity contribution in [1.82, 2.24) is 24.8 Å². The predicted molar refractivity (Wildman–Crippen MR) is 176 cm³/mol. The van der Waals surface area contributed by atoms with Crippen LogP contribution in [0.25, 0.3) is 11.0 Å². The van der Waals surface area contributed by atoms with Crippen LogP contribution in [0.3, 0.4) is 0 Å². The number of benzene rings is 2. The van der Waals surface area contributed by atoms with Crippen LogP contribution < -0.4 is 24.6 Å². The molecule has 5 rings (SSSR count). The van der Waals surface area contributed by atoms with Crippen LogP contribution in [-0.2, 0) is 16.4 Å². The van der Waals surface area contributed by atoms with E-state index in [9.17, 15) is 8.42 Å². The van der Waals surface area contributed by atoms with Crippen LogP contribution in [0.1, 0.15) is 18.9 Å². The molecule has 3 heterocycles. The third kappa shape index (κ3) is 6.45. The molecule has 1 aliphatic heterocycles. The maximum absolute atomic E-state index is 12.6. The van der Waals surface area contributed by atoms with Crippen molar-refractivity contribution in [2.75, 3.05) is 67.4 Å². The average Bonchev–Trinajstić information content (AvgIpc) is 3.48. The molecule has 1 saturated heterocycles. The lowest BCUT2D eigenvalue weighted by molar-refractivity contribution is 0.315. The highest BCUT2D eigenvalue weighted by atomic mass is 79.9. The van der Waals surface area contributed by atoms with Crippen molar-refractivity contribution in [3.63, 3.8) is 0 Å². The lowest BCUT2D eigenvalue weighted by atomic mass is 10.1. The third-order valence-corrected chi connectivity index (χ3v) is 9.44. The first-order chi connectivity index (χ1) is 20.5. The van der Waals surface area contributed by atoms with Gasteiger partial charge in [0.2, 0.25) is 16.0 Å². The Bertz CT molecular complexity index is 1750. The van der Waals surface area contributed by atoms with Gasteiger partial charge in [-0.3, -0.25) is 14.3 Å². The molecule has 1 aliphatic rings. The number of aryl methyl sites for hydroxylation is 1. The first-order valence-corrected chi connectivity index (χ1v) is 16.5. The summed E-state index contributed by atoms with van der Waals surface area (Å²) in [5, 5.41) is 6.59. The predicted octanol–water partition coefficient (Wildman–Crippen LogP) is 4.78. The Balaban J connectivity index is 1.48. The fourth-order valence-electron chi connectivity index (χ4n) is 5.21. The van der Waals surface area contributed by atoms with Gasteiger partial charge in [-0.1, -0.05) is 6.92 Å². The smallest absolute Gasteiger partial charge is 0.232 e. The number of hydrogen-bond acceptors (Lipinski definition) is 11. The van der Waals surface area contributed by atoms with Gasteiger partial charge < -0.3 is 25.2 Å². The molecule has 0 amide bonds. The first-order valence-electron chi connectivity index (χ1n) is 13.9. The number of aromatic nitrogens is 4. The zero-order valence-corrected chi connectivity index (χ0v) is 27.5. The highest BCUT2D eigenvalue weighted by Crippen LogP contribution is 2.39. The molecule has 0 bridgehead atoms. The second-order valence-electron chi connectivity index (χ2n) is 10.6. The highest BCUT2D eigenvalue weighted by Gasteiger charge is 2.27. The van der Waals surface area contributed by atoms with E-state index >= 15 is 0 Å². The molecule has 2 N–H and O–H groups in total. The summed E-state index contributed by atoms with van der Waals surface area (Å²) in [7, 11) is 3.79. The zero-order chi connectivity index (χ0) is 30.9. The molecule has 0 aliphatic carbocycles. The number of ether oxygens (including phenoxy) is 1. The van der Waals surface area contributed by atoms with Crippen LogP contribution in [0, 0.1) is 0 Å². The number of anilines is 6. The van der Waals surface area contributed by atoms with Gasteiger partial charge in [0.05, 0.1) is 34.7 Å². The maximum atomic E-state index is 12.6. The van der Waals surface area contributed by atoms with Crippen LogP contribution in [0.5, 0.6) is 5.75 Å². The van der Waals surface area contributed by atoms with Crippen LogP contribution in [0.2, 0.25) is 0 Å². The average molecular weight is 671 g/mol. The number of methoxy groups -OCH3 is 1. The molecule has 1 unspecified atom stereocenters. The quantitative estimate of drug-likeness (QED) is 0.242. The van der Waals surface area contributed by atoms with E-state index in [0.29, 0.717) is 50.4 Å². The first kappa shape index (κ1) is 30.7. The van der Waals surface area contributed by atoms with Crippen molar-refractivity contribution in [3.05, 3.63) is 52.9 Å². The summed E-state index contributed by atoms with van der Waals surface area (Å²) in [5.74, 6) is 1.46. The molecule has 0 radical (unpaired) electrons. The lowest BCUT2D eigenvalue weighted by Crippen LogP contribution is -2.31. The van der Waals surface area contributed by atoms with Gasteiger partial charge in [0.25, 0.3) is 0 Å². The van der Waals surface area contributed by atoms with Crippen molar-refractivity contribution < 1.29 is 13.2 Å². The summed E-state index contributed by atoms with van der Waals surface area (Å²) < 4.78 is 32.7. The summed E-state index contributed by atoms with van der Waals surface area (Å²) in [5.41, 5.74) is 4.98. The third-order valence-electron chi connectivity index (χ3n) is 7.69. The zero-order valence-electron chi connectivity index (χ0n) is 25.1. The largest absolute Gasteiger partial charge is 0.494 e. The van der Waals surface area contributed by atoms with E-state index in [-0.39, 0.29) is 0 Å². The number of fused-ring (bicyclic) bond motifs is 1. The standard InChI is InChI=1S/C29H36BrN9O3S/c1-7-18-14-23(25(42-5)15-24(18)39-13-10-19(17-39)37(2)3)35-29-33-16-20(30)28(36-29)34-22-9-8-21-26(32-12-11-31-21)27(22)38(4)43(6,40)41/h8-9,11-12,14-16,19H,7,10,13,17H2,1-6H3,(H2,33,34,35,36). The summed E-state index contributed by atoms with van der Waals surface area (Å²) in [4.78, 5) is 22.6. The normalized spacial score (nSPS) is 15.3. The summed E-state index contributed by atoms with van der Waals surface area (Å²) in [6.07, 6.45) is 7.84. The molecule has 0 spiro atoms. The summed E-state index contributed by atoms with van der Waals surface area (Å²) in [6, 6.07) is 8.22. The second-order valence-corrected chi connectivity index (χ2v) is 13.5. The summed E-state index contributed by atoms with van der Waals surface area (Å²) in [6.45, 7) is 4.11. The van der Waals surface area contributed by atoms with Crippen molar-refractivity contribution in [2.24, 2.45) is 0 Å².